The normalized spacial score (nSPS) is 18.5. The molecule has 2 fully saturated rings. The van der Waals surface area contributed by atoms with Crippen LogP contribution in [0.1, 0.15) is 59.3 Å². The van der Waals surface area contributed by atoms with Gasteiger partial charge < -0.3 is 20.6 Å². The van der Waals surface area contributed by atoms with Crippen LogP contribution in [0.2, 0.25) is 0 Å². The molecule has 2 saturated heterocycles. The number of halogens is 3. The van der Waals surface area contributed by atoms with Crippen LogP contribution in [-0.2, 0) is 26.1 Å². The molecule has 0 unspecified atom stereocenters. The van der Waals surface area contributed by atoms with Crippen molar-refractivity contribution in [3.63, 3.8) is 0 Å². The number of piperidine rings is 1. The van der Waals surface area contributed by atoms with E-state index in [4.69, 9.17) is 20.4 Å². The molecule has 0 aliphatic carbocycles. The van der Waals surface area contributed by atoms with Gasteiger partial charge in [0, 0.05) is 49.2 Å². The van der Waals surface area contributed by atoms with Gasteiger partial charge in [-0.3, -0.25) is 9.69 Å². The number of nitrogens with one attached hydrogen (secondary N) is 1. The number of aliphatic carboxylic acids is 1. The van der Waals surface area contributed by atoms with Crippen molar-refractivity contribution in [2.75, 3.05) is 39.0 Å². The summed E-state index contributed by atoms with van der Waals surface area (Å²) < 4.78 is 63.7. The molecule has 1 atom stereocenters. The van der Waals surface area contributed by atoms with Gasteiger partial charge in [0.2, 0.25) is 10.0 Å². The Labute approximate surface area is 258 Å². The number of hydrogen-bond donors (Lipinski definition) is 3. The molecular weight excluding hydrogens is 621 g/mol. The number of primary amides is 1. The number of alkyl halides is 3. The van der Waals surface area contributed by atoms with Gasteiger partial charge in [-0.1, -0.05) is 0 Å². The lowest BCUT2D eigenvalue weighted by molar-refractivity contribution is -0.192. The van der Waals surface area contributed by atoms with Gasteiger partial charge in [0.1, 0.15) is 0 Å². The summed E-state index contributed by atoms with van der Waals surface area (Å²) in [4.78, 5) is 28.1. The first-order chi connectivity index (χ1) is 20.7. The van der Waals surface area contributed by atoms with Crippen molar-refractivity contribution in [1.82, 2.24) is 14.2 Å². The highest BCUT2D eigenvalue weighted by Gasteiger charge is 2.38. The van der Waals surface area contributed by atoms with Crippen LogP contribution in [-0.4, -0.2) is 90.9 Å². The molecule has 0 saturated carbocycles. The molecule has 10 nitrogen and oxygen atoms in total. The Kier molecular flexibility index (Phi) is 10.8. The van der Waals surface area contributed by atoms with Crippen molar-refractivity contribution in [2.24, 2.45) is 5.73 Å². The average molecular weight is 659 g/mol. The smallest absolute Gasteiger partial charge is 0.475 e. The number of ether oxygens (including phenoxy) is 1. The van der Waals surface area contributed by atoms with Gasteiger partial charge in [0.25, 0.3) is 5.91 Å². The van der Waals surface area contributed by atoms with Gasteiger partial charge >= 0.3 is 12.1 Å². The Morgan fingerprint density at radius 3 is 2.43 bits per heavy atom. The number of carboxylic acid groups (broad SMARTS) is 1. The number of hydrogen-bond acceptors (Lipinski definition) is 7. The van der Waals surface area contributed by atoms with Crippen LogP contribution in [0.5, 0.6) is 0 Å². The van der Waals surface area contributed by atoms with E-state index in [1.165, 1.54) is 4.88 Å². The van der Waals surface area contributed by atoms with E-state index >= 15 is 0 Å². The Hall–Kier alpha value is -2.98. The molecule has 4 heterocycles. The molecule has 0 radical (unpaired) electrons. The number of aromatic amines is 1. The van der Waals surface area contributed by atoms with Crippen molar-refractivity contribution in [2.45, 2.75) is 57.3 Å². The van der Waals surface area contributed by atoms with Crippen LogP contribution in [0.25, 0.3) is 22.0 Å². The number of amides is 1. The summed E-state index contributed by atoms with van der Waals surface area (Å²) in [5.74, 6) is -2.87. The minimum absolute atomic E-state index is 0.128. The van der Waals surface area contributed by atoms with E-state index in [9.17, 15) is 26.4 Å². The average Bonchev–Trinajstić information content (AvgIpc) is 3.74. The fraction of sp³-hybridized carbons (Fsp3) is 0.517. The predicted octanol–water partition coefficient (Wildman–Crippen LogP) is 4.77. The zero-order valence-electron chi connectivity index (χ0n) is 24.5. The fourth-order valence-electron chi connectivity index (χ4n) is 5.66. The number of H-pyrrole nitrogens is 1. The summed E-state index contributed by atoms with van der Waals surface area (Å²) in [5, 5.41) is 10.3. The quantitative estimate of drug-likeness (QED) is 0.300. The van der Waals surface area contributed by atoms with Gasteiger partial charge in [-0.05, 0) is 85.8 Å². The lowest BCUT2D eigenvalue weighted by atomic mass is 9.88. The number of benzene rings is 1. The number of sulfonamides is 1. The number of aromatic nitrogens is 1. The van der Waals surface area contributed by atoms with Crippen molar-refractivity contribution in [3.05, 3.63) is 45.8 Å². The third kappa shape index (κ3) is 8.18. The van der Waals surface area contributed by atoms with E-state index in [1.807, 2.05) is 12.3 Å². The SMILES string of the molecule is CCS(=O)(=O)N1CCC(c2c[nH]c3c(C(N)=O)cc(-c4csc(CN(C)C[C@H]5CCCO5)c4)cc23)CC1.O=C(O)C(F)(F)F. The Morgan fingerprint density at radius 1 is 1.18 bits per heavy atom. The Balaban J connectivity index is 0.000000566. The molecule has 2 aromatic heterocycles. The highest BCUT2D eigenvalue weighted by molar-refractivity contribution is 7.89. The van der Waals surface area contributed by atoms with Gasteiger partial charge in [-0.25, -0.2) is 17.5 Å². The maximum Gasteiger partial charge on any atom is 0.490 e. The van der Waals surface area contributed by atoms with Crippen LogP contribution in [0.3, 0.4) is 0 Å². The zero-order chi connectivity index (χ0) is 32.2. The number of carbonyl (C=O) groups is 2. The standard InChI is InChI=1S/C27H36N4O4S2.C2HF3O2/c1-3-37(33,34)31-8-6-18(7-9-31)25-14-29-26-23(25)12-19(13-24(26)27(28)32)20-11-22(36-17-20)16-30(2)15-21-5-4-10-35-21;3-2(4,5)1(6)7/h11-14,17-18,21,29H,3-10,15-16H2,1-2H3,(H2,28,32);(H,6,7)/t21-;/m1./s1. The van der Waals surface area contributed by atoms with Gasteiger partial charge in [-0.2, -0.15) is 13.2 Å². The van der Waals surface area contributed by atoms with Gasteiger partial charge in [0.15, 0.2) is 0 Å². The van der Waals surface area contributed by atoms with Crippen LogP contribution in [0, 0.1) is 0 Å². The lowest BCUT2D eigenvalue weighted by Gasteiger charge is -2.31. The molecule has 0 spiro atoms. The molecule has 3 aromatic rings. The van der Waals surface area contributed by atoms with Crippen LogP contribution in [0.15, 0.2) is 29.8 Å². The second-order valence-electron chi connectivity index (χ2n) is 11.1. The number of rotatable bonds is 9. The van der Waals surface area contributed by atoms with E-state index in [2.05, 4.69) is 34.4 Å². The highest BCUT2D eigenvalue weighted by Crippen LogP contribution is 2.38. The minimum Gasteiger partial charge on any atom is -0.475 e. The lowest BCUT2D eigenvalue weighted by Crippen LogP contribution is -2.38. The first kappa shape index (κ1) is 33.9. The second kappa shape index (κ2) is 14.0. The summed E-state index contributed by atoms with van der Waals surface area (Å²) in [6.07, 6.45) is 0.983. The third-order valence-electron chi connectivity index (χ3n) is 7.93. The van der Waals surface area contributed by atoms with Gasteiger partial charge in [-0.15, -0.1) is 11.3 Å². The molecule has 242 valence electrons. The number of thiophene rings is 1. The number of likely N-dealkylation sites (N-methyl/N-ethyl adjacent to an activating group) is 1. The van der Waals surface area contributed by atoms with E-state index in [0.717, 1.165) is 73.0 Å². The number of nitrogens with zero attached hydrogens (tertiary/aromatic N) is 2. The molecule has 4 N–H and O–H groups in total. The molecule has 1 aromatic carbocycles. The maximum absolute atomic E-state index is 12.4. The van der Waals surface area contributed by atoms with Crippen molar-refractivity contribution < 1.29 is 41.0 Å². The summed E-state index contributed by atoms with van der Waals surface area (Å²) in [6.45, 7) is 5.36. The van der Waals surface area contributed by atoms with Crippen molar-refractivity contribution in [1.29, 1.82) is 0 Å². The largest absolute Gasteiger partial charge is 0.490 e. The Bertz CT molecular complexity index is 1570. The fourth-order valence-corrected chi connectivity index (χ4v) is 7.77. The van der Waals surface area contributed by atoms with E-state index in [-0.39, 0.29) is 11.7 Å². The van der Waals surface area contributed by atoms with Gasteiger partial charge in [0.05, 0.1) is 22.9 Å². The summed E-state index contributed by atoms with van der Waals surface area (Å²) in [5.41, 5.74) is 10.2. The molecule has 1 amide bonds. The number of fused-ring (bicyclic) bond motifs is 1. The first-order valence-corrected chi connectivity index (χ1v) is 16.8. The van der Waals surface area contributed by atoms with E-state index in [1.54, 1.807) is 22.6 Å². The summed E-state index contributed by atoms with van der Waals surface area (Å²) >= 11 is 1.72. The highest BCUT2D eigenvalue weighted by atomic mass is 32.2. The molecule has 15 heteroatoms. The summed E-state index contributed by atoms with van der Waals surface area (Å²) in [7, 11) is -1.05. The monoisotopic (exact) mass is 658 g/mol. The first-order valence-electron chi connectivity index (χ1n) is 14.3. The number of carbonyl (C=O) groups excluding carboxylic acids is 1. The molecule has 2 aliphatic rings. The van der Waals surface area contributed by atoms with Crippen molar-refractivity contribution >= 4 is 44.1 Å². The van der Waals surface area contributed by atoms with Crippen LogP contribution >= 0.6 is 11.3 Å². The second-order valence-corrected chi connectivity index (χ2v) is 14.3. The number of nitrogens with two attached hydrogens (primary N) is 1. The number of carboxylic acids is 1. The van der Waals surface area contributed by atoms with Crippen LogP contribution < -0.4 is 5.73 Å². The zero-order valence-corrected chi connectivity index (χ0v) is 26.2. The molecule has 5 rings (SSSR count). The van der Waals surface area contributed by atoms with E-state index in [0.29, 0.717) is 24.8 Å². The summed E-state index contributed by atoms with van der Waals surface area (Å²) in [6, 6.07) is 6.22. The predicted molar refractivity (Wildman–Crippen MR) is 162 cm³/mol. The molecule has 0 bridgehead atoms. The minimum atomic E-state index is -5.08. The Morgan fingerprint density at radius 2 is 1.86 bits per heavy atom. The van der Waals surface area contributed by atoms with Crippen molar-refractivity contribution in [3.8, 4) is 11.1 Å². The van der Waals surface area contributed by atoms with Crippen LogP contribution in [0.4, 0.5) is 13.2 Å². The maximum atomic E-state index is 12.4. The van der Waals surface area contributed by atoms with E-state index < -0.39 is 28.1 Å². The third-order valence-corrected chi connectivity index (χ3v) is 10.7. The molecule has 44 heavy (non-hydrogen) atoms. The topological polar surface area (TPSA) is 146 Å². The molecule has 2 aliphatic heterocycles. The molecular formula is C29H37F3N4O6S2.